The van der Waals surface area contributed by atoms with Gasteiger partial charge in [0.1, 0.15) is 5.69 Å². The zero-order valence-electron chi connectivity index (χ0n) is 19.8. The van der Waals surface area contributed by atoms with Gasteiger partial charge in [0, 0.05) is 43.5 Å². The fourth-order valence-electron chi connectivity index (χ4n) is 5.29. The first kappa shape index (κ1) is 23.5. The second-order valence-electron chi connectivity index (χ2n) is 9.70. The van der Waals surface area contributed by atoms with Crippen LogP contribution in [0.15, 0.2) is 24.5 Å². The number of hydrogen-bond acceptors (Lipinski definition) is 5. The van der Waals surface area contributed by atoms with Gasteiger partial charge in [0.15, 0.2) is 5.13 Å². The first-order chi connectivity index (χ1) is 15.6. The molecule has 2 unspecified atom stereocenters. The van der Waals surface area contributed by atoms with Crippen molar-refractivity contribution < 1.29 is 9.53 Å². The van der Waals surface area contributed by atoms with E-state index in [1.165, 1.54) is 45.2 Å². The van der Waals surface area contributed by atoms with E-state index >= 15 is 0 Å². The lowest BCUT2D eigenvalue weighted by Crippen LogP contribution is -2.52. The summed E-state index contributed by atoms with van der Waals surface area (Å²) in [4.78, 5) is 24.5. The van der Waals surface area contributed by atoms with E-state index in [-0.39, 0.29) is 5.91 Å². The lowest BCUT2D eigenvalue weighted by molar-refractivity contribution is 0.0313. The van der Waals surface area contributed by atoms with Crippen molar-refractivity contribution in [2.75, 3.05) is 39.9 Å². The van der Waals surface area contributed by atoms with Crippen LogP contribution in [-0.4, -0.2) is 71.2 Å². The summed E-state index contributed by atoms with van der Waals surface area (Å²) < 4.78 is 7.39. The van der Waals surface area contributed by atoms with Gasteiger partial charge >= 0.3 is 0 Å². The number of rotatable bonds is 9. The molecule has 2 fully saturated rings. The van der Waals surface area contributed by atoms with Crippen molar-refractivity contribution in [3.63, 3.8) is 0 Å². The van der Waals surface area contributed by atoms with Crippen molar-refractivity contribution in [3.05, 3.63) is 35.1 Å². The number of ether oxygens (including phenoxy) is 1. The van der Waals surface area contributed by atoms with Crippen molar-refractivity contribution in [2.24, 2.45) is 11.8 Å². The van der Waals surface area contributed by atoms with Gasteiger partial charge in [-0.05, 0) is 69.2 Å². The molecular weight excluding hydrogens is 420 g/mol. The molecule has 2 saturated heterocycles. The number of amides is 1. The molecule has 4 heterocycles. The van der Waals surface area contributed by atoms with Gasteiger partial charge in [-0.1, -0.05) is 20.3 Å². The number of fused-ring (bicyclic) bond motifs is 1. The van der Waals surface area contributed by atoms with Crippen LogP contribution in [0, 0.1) is 11.8 Å². The van der Waals surface area contributed by atoms with Crippen molar-refractivity contribution in [3.8, 4) is 5.13 Å². The van der Waals surface area contributed by atoms with Gasteiger partial charge in [0.25, 0.3) is 5.91 Å². The molecule has 0 N–H and O–H groups in total. The molecule has 2 atom stereocenters. The molecule has 2 aromatic heterocycles. The number of thiazole rings is 1. The molecule has 2 aliphatic heterocycles. The molecule has 176 valence electrons. The Morgan fingerprint density at radius 2 is 2.00 bits per heavy atom. The van der Waals surface area contributed by atoms with E-state index in [0.29, 0.717) is 36.7 Å². The number of carbonyl (C=O) groups excluding carboxylic acids is 1. The molecule has 2 aromatic rings. The van der Waals surface area contributed by atoms with Crippen molar-refractivity contribution in [2.45, 2.75) is 58.4 Å². The lowest BCUT2D eigenvalue weighted by Gasteiger charge is -2.45. The minimum Gasteiger partial charge on any atom is -0.383 e. The van der Waals surface area contributed by atoms with Gasteiger partial charge in [0.05, 0.1) is 6.61 Å². The first-order valence-corrected chi connectivity index (χ1v) is 13.0. The predicted octanol–water partition coefficient (Wildman–Crippen LogP) is 4.49. The zero-order valence-corrected chi connectivity index (χ0v) is 20.6. The van der Waals surface area contributed by atoms with E-state index in [1.54, 1.807) is 18.4 Å². The molecule has 0 saturated carbocycles. The van der Waals surface area contributed by atoms with E-state index in [2.05, 4.69) is 18.7 Å². The van der Waals surface area contributed by atoms with Gasteiger partial charge in [-0.25, -0.2) is 4.98 Å². The number of carbonyl (C=O) groups is 1. The topological polar surface area (TPSA) is 50.6 Å². The monoisotopic (exact) mass is 458 g/mol. The van der Waals surface area contributed by atoms with Crippen LogP contribution in [-0.2, 0) is 11.2 Å². The number of nitrogens with zero attached hydrogens (tertiary/aromatic N) is 4. The summed E-state index contributed by atoms with van der Waals surface area (Å²) in [7, 11) is 1.71. The molecule has 6 nitrogen and oxygen atoms in total. The van der Waals surface area contributed by atoms with Crippen molar-refractivity contribution >= 4 is 17.2 Å². The Hall–Kier alpha value is -1.70. The van der Waals surface area contributed by atoms with Crippen molar-refractivity contribution in [1.82, 2.24) is 19.4 Å². The second-order valence-corrected chi connectivity index (χ2v) is 10.8. The van der Waals surface area contributed by atoms with Crippen LogP contribution in [0.1, 0.15) is 61.3 Å². The number of piperidine rings is 2. The molecule has 0 aromatic carbocycles. The summed E-state index contributed by atoms with van der Waals surface area (Å²) in [5, 5.41) is 0.872. The van der Waals surface area contributed by atoms with E-state index in [1.807, 2.05) is 34.0 Å². The van der Waals surface area contributed by atoms with E-state index < -0.39 is 0 Å². The summed E-state index contributed by atoms with van der Waals surface area (Å²) in [5.74, 6) is 1.09. The fraction of sp³-hybridized carbons (Fsp3) is 0.680. The van der Waals surface area contributed by atoms with E-state index in [4.69, 9.17) is 9.72 Å². The average Bonchev–Trinajstić information content (AvgIpc) is 3.46. The summed E-state index contributed by atoms with van der Waals surface area (Å²) >= 11 is 1.64. The summed E-state index contributed by atoms with van der Waals surface area (Å²) in [6, 6.07) is 4.61. The van der Waals surface area contributed by atoms with Crippen molar-refractivity contribution in [1.29, 1.82) is 0 Å². The highest BCUT2D eigenvalue weighted by Crippen LogP contribution is 2.32. The Bertz CT molecular complexity index is 861. The predicted molar refractivity (Wildman–Crippen MR) is 130 cm³/mol. The highest BCUT2D eigenvalue weighted by Gasteiger charge is 2.35. The molecular formula is C25H38N4O2S. The standard InChI is InChI=1S/C25H38N4O2S/c1-19(2)17-22-23(26-25(32-22)28-12-6-7-13-28)24(30)29(15-16-31-3)18-20-9-8-14-27-11-5-4-10-21(20)27/h6-7,12-13,19-21H,4-5,8-11,14-18H2,1-3H3. The third-order valence-corrected chi connectivity index (χ3v) is 7.93. The Labute approximate surface area is 196 Å². The summed E-state index contributed by atoms with van der Waals surface area (Å²) in [6.45, 7) is 8.82. The van der Waals surface area contributed by atoms with E-state index in [9.17, 15) is 4.79 Å². The maximum atomic E-state index is 13.9. The summed E-state index contributed by atoms with van der Waals surface area (Å²) in [6.07, 6.45) is 11.2. The lowest BCUT2D eigenvalue weighted by atomic mass is 9.83. The summed E-state index contributed by atoms with van der Waals surface area (Å²) in [5.41, 5.74) is 0.639. The fourth-order valence-corrected chi connectivity index (χ4v) is 6.52. The molecule has 4 rings (SSSR count). The molecule has 0 bridgehead atoms. The van der Waals surface area contributed by atoms with Crippen LogP contribution in [0.5, 0.6) is 0 Å². The maximum Gasteiger partial charge on any atom is 0.273 e. The Kier molecular flexibility index (Phi) is 8.02. The van der Waals surface area contributed by atoms with Crippen LogP contribution in [0.3, 0.4) is 0 Å². The minimum atomic E-state index is 0.0697. The number of aromatic nitrogens is 2. The van der Waals surface area contributed by atoms with Crippen LogP contribution >= 0.6 is 11.3 Å². The maximum absolute atomic E-state index is 13.9. The van der Waals surface area contributed by atoms with Crippen LogP contribution in [0.2, 0.25) is 0 Å². The van der Waals surface area contributed by atoms with Crippen LogP contribution < -0.4 is 0 Å². The number of hydrogen-bond donors (Lipinski definition) is 0. The molecule has 32 heavy (non-hydrogen) atoms. The van der Waals surface area contributed by atoms with Gasteiger partial charge in [-0.3, -0.25) is 4.79 Å². The highest BCUT2D eigenvalue weighted by molar-refractivity contribution is 7.14. The molecule has 0 aliphatic carbocycles. The van der Waals surface area contributed by atoms with Gasteiger partial charge < -0.3 is 19.1 Å². The highest BCUT2D eigenvalue weighted by atomic mass is 32.1. The van der Waals surface area contributed by atoms with Gasteiger partial charge in [0.2, 0.25) is 0 Å². The normalized spacial score (nSPS) is 21.6. The molecule has 7 heteroatoms. The SMILES string of the molecule is COCCN(CC1CCCN2CCCCC12)C(=O)c1nc(-n2cccc2)sc1CC(C)C. The van der Waals surface area contributed by atoms with Crippen LogP contribution in [0.25, 0.3) is 5.13 Å². The number of methoxy groups -OCH3 is 1. The average molecular weight is 459 g/mol. The molecule has 0 spiro atoms. The Morgan fingerprint density at radius 3 is 2.75 bits per heavy atom. The van der Waals surface area contributed by atoms with E-state index in [0.717, 1.165) is 23.0 Å². The smallest absolute Gasteiger partial charge is 0.273 e. The van der Waals surface area contributed by atoms with Gasteiger partial charge in [-0.2, -0.15) is 0 Å². The second kappa shape index (κ2) is 10.9. The third-order valence-electron chi connectivity index (χ3n) is 6.84. The largest absolute Gasteiger partial charge is 0.383 e. The molecule has 0 radical (unpaired) electrons. The van der Waals surface area contributed by atoms with Gasteiger partial charge in [-0.15, -0.1) is 11.3 Å². The minimum absolute atomic E-state index is 0.0697. The Morgan fingerprint density at radius 1 is 1.22 bits per heavy atom. The van der Waals surface area contributed by atoms with Crippen LogP contribution in [0.4, 0.5) is 0 Å². The zero-order chi connectivity index (χ0) is 22.5. The first-order valence-electron chi connectivity index (χ1n) is 12.2. The quantitative estimate of drug-likeness (QED) is 0.556. The third kappa shape index (κ3) is 5.43. The molecule has 1 amide bonds. The molecule has 2 aliphatic rings. The Balaban J connectivity index is 1.58.